The molecule has 2 rings (SSSR count). The van der Waals surface area contributed by atoms with Crippen LogP contribution in [0.15, 0.2) is 12.4 Å². The fourth-order valence-electron chi connectivity index (χ4n) is 2.54. The van der Waals surface area contributed by atoms with Crippen molar-refractivity contribution in [2.24, 2.45) is 18.7 Å². The summed E-state index contributed by atoms with van der Waals surface area (Å²) >= 11 is 0. The van der Waals surface area contributed by atoms with Crippen LogP contribution >= 0.6 is 12.4 Å². The molecular weight excluding hydrogens is 264 g/mol. The molecule has 1 aromatic heterocycles. The van der Waals surface area contributed by atoms with E-state index in [9.17, 15) is 4.79 Å². The molecule has 1 aliphatic carbocycles. The van der Waals surface area contributed by atoms with Gasteiger partial charge < -0.3 is 11.1 Å². The highest BCUT2D eigenvalue weighted by molar-refractivity contribution is 5.85. The highest BCUT2D eigenvalue weighted by Gasteiger charge is 2.26. The van der Waals surface area contributed by atoms with Crippen molar-refractivity contribution in [3.63, 3.8) is 0 Å². The minimum absolute atomic E-state index is 0. The zero-order valence-electron chi connectivity index (χ0n) is 11.5. The minimum Gasteiger partial charge on any atom is -0.349 e. The average molecular weight is 287 g/mol. The molecule has 1 aliphatic rings. The van der Waals surface area contributed by atoms with Crippen molar-refractivity contribution >= 4 is 18.3 Å². The minimum atomic E-state index is 0. The number of hydrogen-bond acceptors (Lipinski definition) is 3. The normalized spacial score (nSPS) is 24.4. The lowest BCUT2D eigenvalue weighted by molar-refractivity contribution is -0.126. The molecule has 1 aromatic rings. The topological polar surface area (TPSA) is 72.9 Å². The third-order valence-corrected chi connectivity index (χ3v) is 3.67. The fourth-order valence-corrected chi connectivity index (χ4v) is 2.54. The number of aryl methyl sites for hydroxylation is 1. The van der Waals surface area contributed by atoms with Crippen LogP contribution in [0.5, 0.6) is 0 Å². The first-order valence-electron chi connectivity index (χ1n) is 6.60. The second-order valence-electron chi connectivity index (χ2n) is 5.30. The Balaban J connectivity index is 0.00000180. The number of nitrogens with two attached hydrogens (primary N) is 1. The number of nitrogens with zero attached hydrogens (tertiary/aromatic N) is 2. The first-order valence-corrected chi connectivity index (χ1v) is 6.60. The Morgan fingerprint density at radius 3 is 2.89 bits per heavy atom. The largest absolute Gasteiger partial charge is 0.349 e. The third kappa shape index (κ3) is 4.21. The van der Waals surface area contributed by atoms with Gasteiger partial charge in [-0.1, -0.05) is 6.42 Å². The summed E-state index contributed by atoms with van der Waals surface area (Å²) in [4.78, 5) is 12.1. The van der Waals surface area contributed by atoms with Gasteiger partial charge in [0.05, 0.1) is 12.2 Å². The number of carbonyl (C=O) groups is 1. The van der Waals surface area contributed by atoms with Gasteiger partial charge in [0, 0.05) is 30.8 Å². The number of aromatic nitrogens is 2. The highest BCUT2D eigenvalue weighted by atomic mass is 35.5. The van der Waals surface area contributed by atoms with E-state index in [1.807, 2.05) is 20.2 Å². The van der Waals surface area contributed by atoms with Crippen LogP contribution in [0.2, 0.25) is 0 Å². The van der Waals surface area contributed by atoms with Crippen molar-refractivity contribution in [3.05, 3.63) is 18.0 Å². The van der Waals surface area contributed by atoms with Crippen LogP contribution in [0.4, 0.5) is 0 Å². The Hall–Kier alpha value is -1.07. The lowest BCUT2D eigenvalue weighted by atomic mass is 9.85. The standard InChI is InChI=1S/C13H22N4O.ClH/c1-9(11-7-15-17(2)8-11)16-13(18)10-4-3-5-12(14)6-10;/h7-10,12H,3-6,14H2,1-2H3,(H,16,18);1H. The van der Waals surface area contributed by atoms with Gasteiger partial charge >= 0.3 is 0 Å². The number of hydrogen-bond donors (Lipinski definition) is 2. The predicted molar refractivity (Wildman–Crippen MR) is 76.9 cm³/mol. The Labute approximate surface area is 120 Å². The lowest BCUT2D eigenvalue weighted by Gasteiger charge is -2.26. The van der Waals surface area contributed by atoms with E-state index in [1.165, 1.54) is 0 Å². The predicted octanol–water partition coefficient (Wildman–Crippen LogP) is 1.54. The van der Waals surface area contributed by atoms with Gasteiger partial charge in [0.15, 0.2) is 0 Å². The van der Waals surface area contributed by atoms with Crippen LogP contribution < -0.4 is 11.1 Å². The molecule has 3 unspecified atom stereocenters. The van der Waals surface area contributed by atoms with E-state index >= 15 is 0 Å². The SMILES string of the molecule is CC(NC(=O)C1CCCC(N)C1)c1cnn(C)c1.Cl. The molecule has 1 heterocycles. The smallest absolute Gasteiger partial charge is 0.223 e. The summed E-state index contributed by atoms with van der Waals surface area (Å²) in [5.74, 6) is 0.203. The van der Waals surface area contributed by atoms with Crippen molar-refractivity contribution < 1.29 is 4.79 Å². The first-order chi connectivity index (χ1) is 8.56. The Morgan fingerprint density at radius 1 is 1.58 bits per heavy atom. The zero-order chi connectivity index (χ0) is 13.1. The van der Waals surface area contributed by atoms with Crippen LogP contribution in [-0.2, 0) is 11.8 Å². The van der Waals surface area contributed by atoms with Crippen LogP contribution in [0.3, 0.4) is 0 Å². The molecule has 0 aliphatic heterocycles. The van der Waals surface area contributed by atoms with E-state index in [0.717, 1.165) is 31.2 Å². The molecular formula is C13H23ClN4O. The fraction of sp³-hybridized carbons (Fsp3) is 0.692. The molecule has 1 fully saturated rings. The van der Waals surface area contributed by atoms with Gasteiger partial charge in [0.2, 0.25) is 5.91 Å². The first kappa shape index (κ1) is 16.0. The van der Waals surface area contributed by atoms with Crippen LogP contribution in [0.1, 0.15) is 44.2 Å². The Morgan fingerprint density at radius 2 is 2.32 bits per heavy atom. The van der Waals surface area contributed by atoms with E-state index in [2.05, 4.69) is 10.4 Å². The van der Waals surface area contributed by atoms with Crippen LogP contribution in [0, 0.1) is 5.92 Å². The molecule has 0 aromatic carbocycles. The Kier molecular flexibility index (Phi) is 5.82. The number of halogens is 1. The zero-order valence-corrected chi connectivity index (χ0v) is 12.3. The summed E-state index contributed by atoms with van der Waals surface area (Å²) in [5.41, 5.74) is 6.95. The second kappa shape index (κ2) is 6.91. The van der Waals surface area contributed by atoms with Gasteiger partial charge in [-0.15, -0.1) is 12.4 Å². The third-order valence-electron chi connectivity index (χ3n) is 3.67. The maximum absolute atomic E-state index is 12.1. The molecule has 19 heavy (non-hydrogen) atoms. The molecule has 0 radical (unpaired) electrons. The summed E-state index contributed by atoms with van der Waals surface area (Å²) in [7, 11) is 1.87. The molecule has 108 valence electrons. The molecule has 3 N–H and O–H groups in total. The summed E-state index contributed by atoms with van der Waals surface area (Å²) in [6.45, 7) is 1.98. The van der Waals surface area contributed by atoms with Gasteiger partial charge in [-0.3, -0.25) is 9.48 Å². The number of rotatable bonds is 3. The van der Waals surface area contributed by atoms with E-state index in [0.29, 0.717) is 0 Å². The van der Waals surface area contributed by atoms with E-state index < -0.39 is 0 Å². The number of nitrogens with one attached hydrogen (secondary N) is 1. The maximum atomic E-state index is 12.1. The summed E-state index contributed by atoms with van der Waals surface area (Å²) < 4.78 is 1.74. The average Bonchev–Trinajstić information content (AvgIpc) is 2.76. The summed E-state index contributed by atoms with van der Waals surface area (Å²) in [5, 5.41) is 7.17. The van der Waals surface area contributed by atoms with Crippen molar-refractivity contribution in [2.75, 3.05) is 0 Å². The lowest BCUT2D eigenvalue weighted by Crippen LogP contribution is -2.38. The molecule has 1 amide bonds. The van der Waals surface area contributed by atoms with Gasteiger partial charge in [-0.05, 0) is 26.2 Å². The maximum Gasteiger partial charge on any atom is 0.223 e. The highest BCUT2D eigenvalue weighted by Crippen LogP contribution is 2.24. The summed E-state index contributed by atoms with van der Waals surface area (Å²) in [6.07, 6.45) is 7.59. The van der Waals surface area contributed by atoms with Crippen molar-refractivity contribution in [1.29, 1.82) is 0 Å². The van der Waals surface area contributed by atoms with E-state index in [4.69, 9.17) is 5.73 Å². The summed E-state index contributed by atoms with van der Waals surface area (Å²) in [6, 6.07) is 0.188. The monoisotopic (exact) mass is 286 g/mol. The van der Waals surface area contributed by atoms with Crippen molar-refractivity contribution in [1.82, 2.24) is 15.1 Å². The molecule has 5 nitrogen and oxygen atoms in total. The van der Waals surface area contributed by atoms with Crippen molar-refractivity contribution in [3.8, 4) is 0 Å². The van der Waals surface area contributed by atoms with Crippen LogP contribution in [0.25, 0.3) is 0 Å². The van der Waals surface area contributed by atoms with E-state index in [-0.39, 0.29) is 36.3 Å². The number of carbonyl (C=O) groups excluding carboxylic acids is 1. The van der Waals surface area contributed by atoms with Crippen LogP contribution in [-0.4, -0.2) is 21.7 Å². The van der Waals surface area contributed by atoms with Crippen molar-refractivity contribution in [2.45, 2.75) is 44.7 Å². The molecule has 3 atom stereocenters. The molecule has 0 spiro atoms. The molecule has 1 saturated carbocycles. The molecule has 0 bridgehead atoms. The Bertz CT molecular complexity index is 421. The quantitative estimate of drug-likeness (QED) is 0.885. The van der Waals surface area contributed by atoms with Gasteiger partial charge in [0.1, 0.15) is 0 Å². The van der Waals surface area contributed by atoms with Gasteiger partial charge in [-0.25, -0.2) is 0 Å². The van der Waals surface area contributed by atoms with E-state index in [1.54, 1.807) is 10.9 Å². The molecule has 0 saturated heterocycles. The van der Waals surface area contributed by atoms with Gasteiger partial charge in [0.25, 0.3) is 0 Å². The number of amides is 1. The molecule has 6 heteroatoms. The van der Waals surface area contributed by atoms with Gasteiger partial charge in [-0.2, -0.15) is 5.10 Å². The second-order valence-corrected chi connectivity index (χ2v) is 5.30.